The van der Waals surface area contributed by atoms with E-state index in [1.807, 2.05) is 0 Å². The van der Waals surface area contributed by atoms with E-state index in [1.54, 1.807) is 0 Å². The molecule has 0 aromatic rings. The Bertz CT molecular complexity index is 212. The summed E-state index contributed by atoms with van der Waals surface area (Å²) in [5.41, 5.74) is 0. The van der Waals surface area contributed by atoms with E-state index in [-0.39, 0.29) is 6.04 Å². The fourth-order valence-electron chi connectivity index (χ4n) is 1.36. The van der Waals surface area contributed by atoms with Gasteiger partial charge in [0.25, 0.3) is 0 Å². The first kappa shape index (κ1) is 12.9. The summed E-state index contributed by atoms with van der Waals surface area (Å²) in [6, 6.07) is 0.139. The molecule has 0 aromatic carbocycles. The molecule has 3 nitrogen and oxygen atoms in total. The van der Waals surface area contributed by atoms with E-state index >= 15 is 0 Å². The van der Waals surface area contributed by atoms with Crippen molar-refractivity contribution in [2.45, 2.75) is 52.0 Å². The lowest BCUT2D eigenvalue weighted by molar-refractivity contribution is 0.485. The molecule has 0 saturated heterocycles. The van der Waals surface area contributed by atoms with E-state index in [0.29, 0.717) is 0 Å². The Morgan fingerprint density at radius 2 is 1.77 bits per heavy atom. The highest BCUT2D eigenvalue weighted by molar-refractivity contribution is 7.88. The Labute approximate surface area is 82.0 Å². The number of hydrogen-bond acceptors (Lipinski definition) is 2. The fourth-order valence-corrected chi connectivity index (χ4v) is 2.21. The van der Waals surface area contributed by atoms with Crippen molar-refractivity contribution in [3.63, 3.8) is 0 Å². The molecule has 1 unspecified atom stereocenters. The molecule has 0 radical (unpaired) electrons. The molecule has 1 N–H and O–H groups in total. The van der Waals surface area contributed by atoms with Crippen LogP contribution in [-0.4, -0.2) is 20.7 Å². The van der Waals surface area contributed by atoms with Crippen molar-refractivity contribution in [1.82, 2.24) is 4.72 Å². The SMILES string of the molecule is CCCCC(CCC)NS(C)(=O)=O. The van der Waals surface area contributed by atoms with E-state index < -0.39 is 10.0 Å². The standard InChI is InChI=1S/C9H21NO2S/c1-4-6-8-9(7-5-2)10-13(3,11)12/h9-10H,4-8H2,1-3H3. The average molecular weight is 207 g/mol. The smallest absolute Gasteiger partial charge is 0.208 e. The van der Waals surface area contributed by atoms with Gasteiger partial charge in [0, 0.05) is 6.04 Å². The minimum absolute atomic E-state index is 0.139. The number of nitrogens with one attached hydrogen (secondary N) is 1. The molecular weight excluding hydrogens is 186 g/mol. The summed E-state index contributed by atoms with van der Waals surface area (Å²) in [4.78, 5) is 0. The van der Waals surface area contributed by atoms with E-state index in [9.17, 15) is 8.42 Å². The molecule has 0 aliphatic heterocycles. The second-order valence-electron chi connectivity index (χ2n) is 3.52. The van der Waals surface area contributed by atoms with Gasteiger partial charge in [-0.3, -0.25) is 0 Å². The van der Waals surface area contributed by atoms with Gasteiger partial charge in [-0.1, -0.05) is 33.1 Å². The molecule has 0 aliphatic carbocycles. The van der Waals surface area contributed by atoms with Crippen LogP contribution >= 0.6 is 0 Å². The molecule has 0 fully saturated rings. The maximum Gasteiger partial charge on any atom is 0.208 e. The highest BCUT2D eigenvalue weighted by Gasteiger charge is 2.11. The zero-order chi connectivity index (χ0) is 10.3. The van der Waals surface area contributed by atoms with Crippen LogP contribution in [0.2, 0.25) is 0 Å². The molecule has 0 amide bonds. The lowest BCUT2D eigenvalue weighted by Crippen LogP contribution is -2.33. The summed E-state index contributed by atoms with van der Waals surface area (Å²) >= 11 is 0. The van der Waals surface area contributed by atoms with E-state index in [1.165, 1.54) is 6.26 Å². The zero-order valence-electron chi connectivity index (χ0n) is 8.84. The third kappa shape index (κ3) is 8.25. The molecule has 0 saturated carbocycles. The van der Waals surface area contributed by atoms with Crippen LogP contribution in [0.25, 0.3) is 0 Å². The van der Waals surface area contributed by atoms with Gasteiger partial charge in [-0.05, 0) is 12.8 Å². The van der Waals surface area contributed by atoms with Gasteiger partial charge in [0.15, 0.2) is 0 Å². The van der Waals surface area contributed by atoms with Crippen LogP contribution < -0.4 is 4.72 Å². The molecule has 13 heavy (non-hydrogen) atoms. The van der Waals surface area contributed by atoms with Gasteiger partial charge in [0.2, 0.25) is 10.0 Å². The normalized spacial score (nSPS) is 14.4. The van der Waals surface area contributed by atoms with Crippen LogP contribution in [0.3, 0.4) is 0 Å². The lowest BCUT2D eigenvalue weighted by atomic mass is 10.1. The van der Waals surface area contributed by atoms with Crippen molar-refractivity contribution in [3.8, 4) is 0 Å². The van der Waals surface area contributed by atoms with Crippen LogP contribution in [0.4, 0.5) is 0 Å². The van der Waals surface area contributed by atoms with Gasteiger partial charge in [0.05, 0.1) is 6.26 Å². The number of unbranched alkanes of at least 4 members (excludes halogenated alkanes) is 1. The van der Waals surface area contributed by atoms with Gasteiger partial charge in [0.1, 0.15) is 0 Å². The predicted octanol–water partition coefficient (Wildman–Crippen LogP) is 1.89. The molecule has 0 heterocycles. The maximum atomic E-state index is 11.0. The predicted molar refractivity (Wildman–Crippen MR) is 56.2 cm³/mol. The monoisotopic (exact) mass is 207 g/mol. The molecule has 0 spiro atoms. The van der Waals surface area contributed by atoms with Crippen molar-refractivity contribution in [1.29, 1.82) is 0 Å². The Hall–Kier alpha value is -0.0900. The molecule has 80 valence electrons. The third-order valence-electron chi connectivity index (χ3n) is 1.92. The fraction of sp³-hybridized carbons (Fsp3) is 1.00. The molecule has 1 atom stereocenters. The summed E-state index contributed by atoms with van der Waals surface area (Å²) in [5.74, 6) is 0. The van der Waals surface area contributed by atoms with Crippen molar-refractivity contribution in [3.05, 3.63) is 0 Å². The molecule has 0 rings (SSSR count). The third-order valence-corrected chi connectivity index (χ3v) is 2.69. The molecule has 0 bridgehead atoms. The van der Waals surface area contributed by atoms with E-state index in [0.717, 1.165) is 32.1 Å². The van der Waals surface area contributed by atoms with Gasteiger partial charge in [-0.15, -0.1) is 0 Å². The topological polar surface area (TPSA) is 46.2 Å². The molecule has 4 heteroatoms. The zero-order valence-corrected chi connectivity index (χ0v) is 9.65. The summed E-state index contributed by atoms with van der Waals surface area (Å²) in [7, 11) is -3.03. The molecular formula is C9H21NO2S. The minimum Gasteiger partial charge on any atom is -0.213 e. The maximum absolute atomic E-state index is 11.0. The Kier molecular flexibility index (Phi) is 6.33. The minimum atomic E-state index is -3.03. The summed E-state index contributed by atoms with van der Waals surface area (Å²) in [6.45, 7) is 4.19. The van der Waals surface area contributed by atoms with Gasteiger partial charge in [-0.2, -0.15) is 0 Å². The van der Waals surface area contributed by atoms with Crippen LogP contribution in [0.15, 0.2) is 0 Å². The first-order valence-electron chi connectivity index (χ1n) is 4.97. The van der Waals surface area contributed by atoms with Crippen molar-refractivity contribution in [2.75, 3.05) is 6.26 Å². The van der Waals surface area contributed by atoms with Gasteiger partial charge >= 0.3 is 0 Å². The number of rotatable bonds is 7. The number of sulfonamides is 1. The summed E-state index contributed by atoms with van der Waals surface area (Å²) in [6.07, 6.45) is 6.35. The van der Waals surface area contributed by atoms with Crippen LogP contribution in [-0.2, 0) is 10.0 Å². The summed E-state index contributed by atoms with van der Waals surface area (Å²) in [5, 5.41) is 0. The Morgan fingerprint density at radius 3 is 2.15 bits per heavy atom. The summed E-state index contributed by atoms with van der Waals surface area (Å²) < 4.78 is 24.6. The van der Waals surface area contributed by atoms with Gasteiger partial charge in [-0.25, -0.2) is 13.1 Å². The highest BCUT2D eigenvalue weighted by atomic mass is 32.2. The largest absolute Gasteiger partial charge is 0.213 e. The van der Waals surface area contributed by atoms with Crippen LogP contribution in [0.1, 0.15) is 46.0 Å². The van der Waals surface area contributed by atoms with E-state index in [4.69, 9.17) is 0 Å². The average Bonchev–Trinajstić information content (AvgIpc) is 1.98. The molecule has 0 aliphatic rings. The second-order valence-corrected chi connectivity index (χ2v) is 5.30. The van der Waals surface area contributed by atoms with Crippen LogP contribution in [0, 0.1) is 0 Å². The second kappa shape index (κ2) is 6.38. The lowest BCUT2D eigenvalue weighted by Gasteiger charge is -2.15. The van der Waals surface area contributed by atoms with Crippen molar-refractivity contribution < 1.29 is 8.42 Å². The first-order valence-corrected chi connectivity index (χ1v) is 6.86. The van der Waals surface area contributed by atoms with Crippen molar-refractivity contribution in [2.24, 2.45) is 0 Å². The van der Waals surface area contributed by atoms with Gasteiger partial charge < -0.3 is 0 Å². The van der Waals surface area contributed by atoms with Crippen LogP contribution in [0.5, 0.6) is 0 Å². The Morgan fingerprint density at radius 1 is 1.15 bits per heavy atom. The highest BCUT2D eigenvalue weighted by Crippen LogP contribution is 2.07. The molecule has 0 aromatic heterocycles. The van der Waals surface area contributed by atoms with Crippen molar-refractivity contribution >= 4 is 10.0 Å². The number of hydrogen-bond donors (Lipinski definition) is 1. The Balaban J connectivity index is 3.94. The quantitative estimate of drug-likeness (QED) is 0.693. The van der Waals surface area contributed by atoms with E-state index in [2.05, 4.69) is 18.6 Å². The first-order chi connectivity index (χ1) is 5.99.